The van der Waals surface area contributed by atoms with Gasteiger partial charge in [0.25, 0.3) is 0 Å². The highest BCUT2D eigenvalue weighted by Gasteiger charge is 2.21. The van der Waals surface area contributed by atoms with Gasteiger partial charge in [-0.1, -0.05) is 115 Å². The molecule has 8 aromatic carbocycles. The highest BCUT2D eigenvalue weighted by molar-refractivity contribution is 6.11. The largest absolute Gasteiger partial charge is 0.435 e. The van der Waals surface area contributed by atoms with Gasteiger partial charge in [0, 0.05) is 44.0 Å². The van der Waals surface area contributed by atoms with E-state index >= 15 is 0 Å². The Kier molecular flexibility index (Phi) is 6.78. The maximum atomic E-state index is 6.50. The van der Waals surface area contributed by atoms with Crippen LogP contribution in [-0.2, 0) is 0 Å². The Morgan fingerprint density at radius 2 is 1.02 bits per heavy atom. The molecule has 0 unspecified atom stereocenters. The highest BCUT2D eigenvalue weighted by Crippen LogP contribution is 2.45. The van der Waals surface area contributed by atoms with Crippen molar-refractivity contribution >= 4 is 60.7 Å². The van der Waals surface area contributed by atoms with E-state index in [0.29, 0.717) is 5.89 Å². The molecule has 4 nitrogen and oxygen atoms in total. The summed E-state index contributed by atoms with van der Waals surface area (Å²) in [6, 6.07) is 66.3. The number of nitrogens with zero attached hydrogens (tertiary/aromatic N) is 3. The lowest BCUT2D eigenvalue weighted by atomic mass is 10.0. The van der Waals surface area contributed by atoms with Gasteiger partial charge in [-0.3, -0.25) is 0 Å². The Labute approximate surface area is 295 Å². The van der Waals surface area contributed by atoms with Crippen molar-refractivity contribution in [2.24, 2.45) is 0 Å². The topological polar surface area (TPSA) is 34.2 Å². The number of para-hydroxylation sites is 3. The van der Waals surface area contributed by atoms with Crippen molar-refractivity contribution in [3.8, 4) is 28.3 Å². The molecule has 10 aromatic rings. The minimum atomic E-state index is 0.621. The van der Waals surface area contributed by atoms with Gasteiger partial charge >= 0.3 is 0 Å². The van der Waals surface area contributed by atoms with Gasteiger partial charge in [-0.2, -0.15) is 0 Å². The maximum Gasteiger partial charge on any atom is 0.227 e. The molecular formula is C47H31N3O. The molecule has 2 aromatic heterocycles. The molecule has 0 N–H and O–H groups in total. The van der Waals surface area contributed by atoms with Crippen molar-refractivity contribution < 1.29 is 4.42 Å². The van der Waals surface area contributed by atoms with E-state index in [-0.39, 0.29) is 0 Å². The fourth-order valence-corrected chi connectivity index (χ4v) is 7.52. The summed E-state index contributed by atoms with van der Waals surface area (Å²) >= 11 is 0. The van der Waals surface area contributed by atoms with Gasteiger partial charge in [0.05, 0.1) is 22.4 Å². The lowest BCUT2D eigenvalue weighted by Crippen LogP contribution is -2.12. The number of aromatic nitrogens is 2. The summed E-state index contributed by atoms with van der Waals surface area (Å²) in [4.78, 5) is 7.25. The Morgan fingerprint density at radius 1 is 0.431 bits per heavy atom. The molecule has 0 atom stereocenters. The number of hydrogen-bond acceptors (Lipinski definition) is 3. The molecule has 10 rings (SSSR count). The quantitative estimate of drug-likeness (QED) is 0.179. The summed E-state index contributed by atoms with van der Waals surface area (Å²) in [7, 11) is 0. The molecule has 0 radical (unpaired) electrons. The van der Waals surface area contributed by atoms with Crippen LogP contribution in [0.5, 0.6) is 0 Å². The normalized spacial score (nSPS) is 11.5. The summed E-state index contributed by atoms with van der Waals surface area (Å²) in [5, 5.41) is 4.60. The second kappa shape index (κ2) is 11.9. The molecule has 0 saturated carbocycles. The molecule has 2 heterocycles. The van der Waals surface area contributed by atoms with E-state index in [9.17, 15) is 0 Å². The van der Waals surface area contributed by atoms with E-state index in [1.807, 2.05) is 30.3 Å². The van der Waals surface area contributed by atoms with Crippen molar-refractivity contribution in [1.82, 2.24) is 9.55 Å². The molecule has 0 fully saturated rings. The van der Waals surface area contributed by atoms with Crippen LogP contribution >= 0.6 is 0 Å². The average Bonchev–Trinajstić information content (AvgIpc) is 3.80. The van der Waals surface area contributed by atoms with Crippen molar-refractivity contribution in [3.05, 3.63) is 188 Å². The van der Waals surface area contributed by atoms with Gasteiger partial charge in [0.15, 0.2) is 5.58 Å². The van der Waals surface area contributed by atoms with Crippen LogP contribution in [0, 0.1) is 0 Å². The van der Waals surface area contributed by atoms with Gasteiger partial charge in [-0.15, -0.1) is 0 Å². The molecule has 0 spiro atoms. The third kappa shape index (κ3) is 4.80. The van der Waals surface area contributed by atoms with Crippen LogP contribution in [0.4, 0.5) is 17.1 Å². The SMILES string of the molecule is c1ccc(-c2nc3ccc4c(N(c5ccc(-n6c7ccccc7c7ccccc76)cc5)c5ccccc5-c5ccccc5)cccc4c3o2)cc1. The van der Waals surface area contributed by atoms with Gasteiger partial charge in [0.2, 0.25) is 5.89 Å². The van der Waals surface area contributed by atoms with Crippen LogP contribution in [0.3, 0.4) is 0 Å². The van der Waals surface area contributed by atoms with Crippen molar-refractivity contribution in [1.29, 1.82) is 0 Å². The minimum absolute atomic E-state index is 0.621. The zero-order valence-corrected chi connectivity index (χ0v) is 27.6. The number of fused-ring (bicyclic) bond motifs is 6. The summed E-state index contributed by atoms with van der Waals surface area (Å²) < 4.78 is 8.86. The van der Waals surface area contributed by atoms with Crippen LogP contribution < -0.4 is 4.90 Å². The van der Waals surface area contributed by atoms with Gasteiger partial charge in [-0.25, -0.2) is 4.98 Å². The van der Waals surface area contributed by atoms with Gasteiger partial charge < -0.3 is 13.9 Å². The average molecular weight is 654 g/mol. The standard InChI is InChI=1S/C47H31N3O/c1-3-14-32(15-4-1)36-18-7-10-22-42(36)49(34-26-28-35(29-27-34)50-43-23-11-8-19-37(43)38-20-9-12-24-44(38)50)45-25-13-21-40-39(45)30-31-41-46(40)51-47(48-41)33-16-5-2-6-17-33/h1-31H. The number of oxazole rings is 1. The summed E-state index contributed by atoms with van der Waals surface area (Å²) in [5.74, 6) is 0.621. The first kappa shape index (κ1) is 29.0. The zero-order valence-electron chi connectivity index (χ0n) is 27.6. The number of benzene rings is 8. The fraction of sp³-hybridized carbons (Fsp3) is 0. The van der Waals surface area contributed by atoms with Crippen LogP contribution in [0.15, 0.2) is 192 Å². The fourth-order valence-electron chi connectivity index (χ4n) is 7.52. The van der Waals surface area contributed by atoms with Crippen LogP contribution in [0.25, 0.3) is 71.9 Å². The van der Waals surface area contributed by atoms with Gasteiger partial charge in [-0.05, 0) is 78.4 Å². The van der Waals surface area contributed by atoms with Crippen LogP contribution in [-0.4, -0.2) is 9.55 Å². The van der Waals surface area contributed by atoms with Crippen molar-refractivity contribution in [3.63, 3.8) is 0 Å². The Balaban J connectivity index is 1.18. The number of hydrogen-bond donors (Lipinski definition) is 0. The van der Waals surface area contributed by atoms with Crippen molar-refractivity contribution in [2.45, 2.75) is 0 Å². The van der Waals surface area contributed by atoms with Gasteiger partial charge in [0.1, 0.15) is 5.52 Å². The molecule has 0 amide bonds. The van der Waals surface area contributed by atoms with E-state index in [4.69, 9.17) is 9.40 Å². The molecule has 0 aliphatic heterocycles. The lowest BCUT2D eigenvalue weighted by molar-refractivity contribution is 0.623. The van der Waals surface area contributed by atoms with E-state index in [0.717, 1.165) is 61.3 Å². The molecule has 0 aliphatic carbocycles. The summed E-state index contributed by atoms with van der Waals surface area (Å²) in [6.45, 7) is 0. The van der Waals surface area contributed by atoms with E-state index in [1.165, 1.54) is 21.8 Å². The molecule has 0 bridgehead atoms. The first-order chi connectivity index (χ1) is 25.3. The van der Waals surface area contributed by atoms with Crippen LogP contribution in [0.2, 0.25) is 0 Å². The molecule has 51 heavy (non-hydrogen) atoms. The predicted molar refractivity (Wildman–Crippen MR) is 211 cm³/mol. The third-order valence-corrected chi connectivity index (χ3v) is 9.83. The highest BCUT2D eigenvalue weighted by atomic mass is 16.3. The zero-order chi connectivity index (χ0) is 33.7. The first-order valence-corrected chi connectivity index (χ1v) is 17.2. The molecule has 0 saturated heterocycles. The second-order valence-corrected chi connectivity index (χ2v) is 12.8. The Morgan fingerprint density at radius 3 is 1.75 bits per heavy atom. The Hall–Kier alpha value is -6.91. The molecule has 240 valence electrons. The monoisotopic (exact) mass is 653 g/mol. The number of anilines is 3. The van der Waals surface area contributed by atoms with Crippen LogP contribution in [0.1, 0.15) is 0 Å². The maximum absolute atomic E-state index is 6.50. The second-order valence-electron chi connectivity index (χ2n) is 12.8. The first-order valence-electron chi connectivity index (χ1n) is 17.2. The van der Waals surface area contributed by atoms with E-state index in [1.54, 1.807) is 0 Å². The number of rotatable bonds is 6. The summed E-state index contributed by atoms with van der Waals surface area (Å²) in [6.07, 6.45) is 0. The van der Waals surface area contributed by atoms with E-state index < -0.39 is 0 Å². The minimum Gasteiger partial charge on any atom is -0.435 e. The smallest absolute Gasteiger partial charge is 0.227 e. The van der Waals surface area contributed by atoms with E-state index in [2.05, 4.69) is 167 Å². The molecule has 4 heteroatoms. The third-order valence-electron chi connectivity index (χ3n) is 9.83. The molecule has 0 aliphatic rings. The Bertz CT molecular complexity index is 2800. The summed E-state index contributed by atoms with van der Waals surface area (Å²) in [5.41, 5.74) is 11.6. The predicted octanol–water partition coefficient (Wildman–Crippen LogP) is 12.9. The lowest BCUT2D eigenvalue weighted by Gasteiger charge is -2.29. The van der Waals surface area contributed by atoms with Crippen molar-refractivity contribution in [2.75, 3.05) is 4.90 Å². The molecular weight excluding hydrogens is 623 g/mol.